The first-order chi connectivity index (χ1) is 23.2. The molecule has 2 heterocycles. The Morgan fingerprint density at radius 1 is 1.08 bits per heavy atom. The fourth-order valence-electron chi connectivity index (χ4n) is 6.46. The van der Waals surface area contributed by atoms with Crippen LogP contribution in [0.4, 0.5) is 16.2 Å². The lowest BCUT2D eigenvalue weighted by atomic mass is 9.92. The molecule has 250 valence electrons. The van der Waals surface area contributed by atoms with Gasteiger partial charge in [0.15, 0.2) is 0 Å². The molecule has 3 aromatic carbocycles. The number of aliphatic hydroxyl groups is 1. The summed E-state index contributed by atoms with van der Waals surface area (Å²) < 4.78 is 7.84. The summed E-state index contributed by atoms with van der Waals surface area (Å²) in [6.07, 6.45) is 5.89. The molecule has 2 aliphatic rings. The number of aliphatic hydroxyl groups excluding tert-OH is 1. The monoisotopic (exact) mass is 651 g/mol. The van der Waals surface area contributed by atoms with Gasteiger partial charge in [-0.1, -0.05) is 36.4 Å². The van der Waals surface area contributed by atoms with Crippen molar-refractivity contribution in [2.45, 2.75) is 58.0 Å². The van der Waals surface area contributed by atoms with Gasteiger partial charge >= 0.3 is 12.0 Å². The van der Waals surface area contributed by atoms with Crippen molar-refractivity contribution in [2.75, 3.05) is 30.0 Å². The van der Waals surface area contributed by atoms with E-state index < -0.39 is 18.0 Å². The van der Waals surface area contributed by atoms with Crippen molar-refractivity contribution in [3.8, 4) is 16.9 Å². The zero-order chi connectivity index (χ0) is 33.8. The van der Waals surface area contributed by atoms with E-state index in [1.54, 1.807) is 18.2 Å². The van der Waals surface area contributed by atoms with Crippen LogP contribution in [-0.2, 0) is 16.1 Å². The number of rotatable bonds is 13. The van der Waals surface area contributed by atoms with E-state index in [1.807, 2.05) is 46.2 Å². The molecule has 1 fully saturated rings. The highest BCUT2D eigenvalue weighted by molar-refractivity contribution is 5.97. The van der Waals surface area contributed by atoms with Gasteiger partial charge in [-0.3, -0.25) is 9.48 Å². The van der Waals surface area contributed by atoms with Crippen LogP contribution in [0.25, 0.3) is 11.1 Å². The smallest absolute Gasteiger partial charge is 0.326 e. The Kier molecular flexibility index (Phi) is 9.77. The Labute approximate surface area is 279 Å². The third-order valence-electron chi connectivity index (χ3n) is 9.23. The maximum Gasteiger partial charge on any atom is 0.326 e. The van der Waals surface area contributed by atoms with Crippen LogP contribution in [0.15, 0.2) is 73.1 Å². The van der Waals surface area contributed by atoms with Crippen LogP contribution in [0, 0.1) is 19.8 Å². The standard InChI is InChI=1S/C37H41N5O6/c1-23-7-3-12-33(24(23)2)48-16-6-13-34(44)42-22-26-18-30(26)35-29(10-5-11-32(35)42)27-19-38-41(21-27)20-25-8-4-9-28(17-25)39-37(47)40-31(14-15-43)36(45)46/h3-5,7-12,17,19,21,26,30-31,43H,6,13-16,18,20,22H2,1-2H3,(H,45,46)(H2,39,40,47)/t26-,30-,31-/m0/s1. The summed E-state index contributed by atoms with van der Waals surface area (Å²) >= 11 is 0. The van der Waals surface area contributed by atoms with Crippen molar-refractivity contribution in [2.24, 2.45) is 5.92 Å². The van der Waals surface area contributed by atoms with Crippen LogP contribution in [0.5, 0.6) is 5.75 Å². The number of hydrogen-bond acceptors (Lipinski definition) is 6. The van der Waals surface area contributed by atoms with Crippen LogP contribution in [-0.4, -0.2) is 63.7 Å². The van der Waals surface area contributed by atoms with Gasteiger partial charge < -0.3 is 30.5 Å². The minimum absolute atomic E-state index is 0.0883. The van der Waals surface area contributed by atoms with Crippen molar-refractivity contribution < 1.29 is 29.3 Å². The molecule has 0 unspecified atom stereocenters. The van der Waals surface area contributed by atoms with Gasteiger partial charge in [0.2, 0.25) is 5.91 Å². The van der Waals surface area contributed by atoms with Crippen molar-refractivity contribution in [1.82, 2.24) is 15.1 Å². The number of carboxylic acid groups (broad SMARTS) is 1. The fourth-order valence-corrected chi connectivity index (χ4v) is 6.46. The molecule has 4 N–H and O–H groups in total. The molecule has 3 amide bonds. The fraction of sp³-hybridized carbons (Fsp3) is 0.351. The number of aromatic nitrogens is 2. The first-order valence-corrected chi connectivity index (χ1v) is 16.4. The van der Waals surface area contributed by atoms with E-state index in [-0.39, 0.29) is 18.9 Å². The van der Waals surface area contributed by atoms with Crippen LogP contribution in [0.1, 0.15) is 53.9 Å². The maximum absolute atomic E-state index is 13.5. The first kappa shape index (κ1) is 32.8. The number of fused-ring (bicyclic) bond motifs is 3. The zero-order valence-electron chi connectivity index (χ0n) is 27.2. The van der Waals surface area contributed by atoms with Crippen LogP contribution >= 0.6 is 0 Å². The number of ether oxygens (including phenoxy) is 1. The van der Waals surface area contributed by atoms with Crippen LogP contribution in [0.3, 0.4) is 0 Å². The Hall–Kier alpha value is -5.16. The summed E-state index contributed by atoms with van der Waals surface area (Å²) in [7, 11) is 0. The largest absolute Gasteiger partial charge is 0.493 e. The van der Waals surface area contributed by atoms with Crippen molar-refractivity contribution in [3.05, 3.63) is 95.3 Å². The van der Waals surface area contributed by atoms with E-state index in [0.717, 1.165) is 46.7 Å². The van der Waals surface area contributed by atoms with E-state index in [2.05, 4.69) is 47.8 Å². The second-order valence-electron chi connectivity index (χ2n) is 12.6. The normalized spacial score (nSPS) is 16.8. The Morgan fingerprint density at radius 2 is 1.90 bits per heavy atom. The Bertz CT molecular complexity index is 1820. The molecule has 1 aliphatic heterocycles. The number of carbonyl (C=O) groups excluding carboxylic acids is 2. The summed E-state index contributed by atoms with van der Waals surface area (Å²) in [6, 6.07) is 17.6. The number of carbonyl (C=O) groups is 3. The second kappa shape index (κ2) is 14.3. The van der Waals surface area contributed by atoms with Gasteiger partial charge in [-0.2, -0.15) is 5.10 Å². The number of hydrogen-bond donors (Lipinski definition) is 4. The number of anilines is 2. The first-order valence-electron chi connectivity index (χ1n) is 16.4. The van der Waals surface area contributed by atoms with Gasteiger partial charge in [-0.05, 0) is 90.6 Å². The second-order valence-corrected chi connectivity index (χ2v) is 12.6. The van der Waals surface area contributed by atoms with Crippen molar-refractivity contribution in [3.63, 3.8) is 0 Å². The summed E-state index contributed by atoms with van der Waals surface area (Å²) in [4.78, 5) is 39.1. The third kappa shape index (κ3) is 7.36. The number of nitrogens with one attached hydrogen (secondary N) is 2. The quantitative estimate of drug-likeness (QED) is 0.140. The minimum Gasteiger partial charge on any atom is -0.493 e. The van der Waals surface area contributed by atoms with Crippen molar-refractivity contribution >= 4 is 29.3 Å². The molecular formula is C37H41N5O6. The maximum atomic E-state index is 13.5. The summed E-state index contributed by atoms with van der Waals surface area (Å²) in [5.41, 5.74) is 7.98. The van der Waals surface area contributed by atoms with E-state index in [0.29, 0.717) is 43.5 Å². The van der Waals surface area contributed by atoms with Crippen LogP contribution < -0.4 is 20.3 Å². The highest BCUT2D eigenvalue weighted by Crippen LogP contribution is 2.57. The highest BCUT2D eigenvalue weighted by atomic mass is 16.5. The summed E-state index contributed by atoms with van der Waals surface area (Å²) in [5, 5.41) is 27.9. The van der Waals surface area contributed by atoms with Gasteiger partial charge in [-0.15, -0.1) is 0 Å². The molecule has 1 aromatic heterocycles. The molecule has 0 saturated heterocycles. The molecule has 0 bridgehead atoms. The van der Waals surface area contributed by atoms with Gasteiger partial charge in [0.1, 0.15) is 11.8 Å². The molecule has 11 nitrogen and oxygen atoms in total. The SMILES string of the molecule is Cc1cccc(OCCCC(=O)N2C[C@@H]3C[C@@H]3c3c(-c4cnn(Cc5cccc(NC(=O)N[C@@H](CCO)C(=O)O)c5)c4)cccc32)c1C. The Morgan fingerprint density at radius 3 is 2.71 bits per heavy atom. The number of nitrogens with zero attached hydrogens (tertiary/aromatic N) is 3. The topological polar surface area (TPSA) is 146 Å². The lowest BCUT2D eigenvalue weighted by Crippen LogP contribution is -2.43. The molecular weight excluding hydrogens is 610 g/mol. The molecule has 3 atom stereocenters. The molecule has 11 heteroatoms. The average molecular weight is 652 g/mol. The van der Waals surface area contributed by atoms with E-state index in [1.165, 1.54) is 11.1 Å². The van der Waals surface area contributed by atoms with Crippen molar-refractivity contribution in [1.29, 1.82) is 0 Å². The van der Waals surface area contributed by atoms with Gasteiger partial charge in [-0.25, -0.2) is 9.59 Å². The lowest BCUT2D eigenvalue weighted by Gasteiger charge is -2.30. The predicted octanol–water partition coefficient (Wildman–Crippen LogP) is 5.48. The average Bonchev–Trinajstić information content (AvgIpc) is 3.72. The predicted molar refractivity (Wildman–Crippen MR) is 182 cm³/mol. The highest BCUT2D eigenvalue weighted by Gasteiger charge is 2.47. The van der Waals surface area contributed by atoms with Gasteiger partial charge in [0.25, 0.3) is 0 Å². The zero-order valence-corrected chi connectivity index (χ0v) is 27.2. The molecule has 6 rings (SSSR count). The molecule has 1 aliphatic carbocycles. The van der Waals surface area contributed by atoms with Gasteiger partial charge in [0, 0.05) is 49.1 Å². The number of urea groups is 1. The minimum atomic E-state index is -1.21. The van der Waals surface area contributed by atoms with Crippen LogP contribution in [0.2, 0.25) is 0 Å². The van der Waals surface area contributed by atoms with E-state index >= 15 is 0 Å². The van der Waals surface area contributed by atoms with E-state index in [4.69, 9.17) is 9.84 Å². The molecule has 4 aromatic rings. The number of amides is 3. The number of benzene rings is 3. The molecule has 48 heavy (non-hydrogen) atoms. The lowest BCUT2D eigenvalue weighted by molar-refractivity contribution is -0.139. The Balaban J connectivity index is 1.10. The molecule has 0 spiro atoms. The van der Waals surface area contributed by atoms with Gasteiger partial charge in [0.05, 0.1) is 19.3 Å². The molecule has 0 radical (unpaired) electrons. The summed E-state index contributed by atoms with van der Waals surface area (Å²) in [6.45, 7) is 5.45. The summed E-state index contributed by atoms with van der Waals surface area (Å²) in [5.74, 6) is 0.671. The van der Waals surface area contributed by atoms with E-state index in [9.17, 15) is 19.5 Å². The number of aliphatic carboxylic acids is 1. The third-order valence-corrected chi connectivity index (χ3v) is 9.23. The number of aryl methyl sites for hydroxylation is 1. The number of carboxylic acids is 1. The molecule has 1 saturated carbocycles.